The fraction of sp³-hybridized carbons (Fsp3) is 0.381. The van der Waals surface area contributed by atoms with E-state index in [1.807, 2.05) is 48.5 Å². The van der Waals surface area contributed by atoms with Crippen molar-refractivity contribution in [2.24, 2.45) is 5.92 Å². The van der Waals surface area contributed by atoms with E-state index in [-0.39, 0.29) is 11.9 Å². The molecule has 2 rings (SSSR count). The molecule has 1 amide bonds. The van der Waals surface area contributed by atoms with Gasteiger partial charge in [0, 0.05) is 27.3 Å². The molecule has 0 unspecified atom stereocenters. The van der Waals surface area contributed by atoms with Gasteiger partial charge in [-0.15, -0.1) is 11.8 Å². The van der Waals surface area contributed by atoms with Gasteiger partial charge in [0.15, 0.2) is 0 Å². The highest BCUT2D eigenvalue weighted by atomic mass is 35.5. The van der Waals surface area contributed by atoms with Crippen LogP contribution in [0.5, 0.6) is 0 Å². The molecule has 0 radical (unpaired) electrons. The number of nitrogens with one attached hydrogen (secondary N) is 1. The normalized spacial score (nSPS) is 12.2. The zero-order chi connectivity index (χ0) is 18.2. The van der Waals surface area contributed by atoms with Crippen LogP contribution in [0.2, 0.25) is 5.02 Å². The maximum absolute atomic E-state index is 12.3. The van der Waals surface area contributed by atoms with Crippen molar-refractivity contribution in [3.05, 3.63) is 64.7 Å². The standard InChI is InChI=1S/C21H26ClNOS/c1-15(2)4-5-16(3)23-21(24)18-8-6-17(7-9-18)14-25-20-12-10-19(22)11-13-20/h6-13,15-16H,4-5,14H2,1-3H3,(H,23,24)/t16-/m0/s1. The van der Waals surface area contributed by atoms with E-state index in [1.54, 1.807) is 11.8 Å². The molecule has 4 heteroatoms. The molecule has 0 heterocycles. The summed E-state index contributed by atoms with van der Waals surface area (Å²) in [6.07, 6.45) is 2.14. The van der Waals surface area contributed by atoms with Crippen molar-refractivity contribution < 1.29 is 4.79 Å². The van der Waals surface area contributed by atoms with Gasteiger partial charge in [0.2, 0.25) is 0 Å². The second-order valence-electron chi connectivity index (χ2n) is 6.79. The van der Waals surface area contributed by atoms with Crippen LogP contribution in [-0.2, 0) is 5.75 Å². The highest BCUT2D eigenvalue weighted by molar-refractivity contribution is 7.98. The molecule has 0 aliphatic carbocycles. The summed E-state index contributed by atoms with van der Waals surface area (Å²) < 4.78 is 0. The molecule has 0 aliphatic heterocycles. The van der Waals surface area contributed by atoms with Gasteiger partial charge < -0.3 is 5.32 Å². The first-order valence-corrected chi connectivity index (χ1v) is 10.1. The molecule has 0 aromatic heterocycles. The van der Waals surface area contributed by atoms with E-state index in [0.717, 1.165) is 29.2 Å². The van der Waals surface area contributed by atoms with E-state index in [9.17, 15) is 4.79 Å². The minimum atomic E-state index is 0.00756. The van der Waals surface area contributed by atoms with Gasteiger partial charge >= 0.3 is 0 Å². The van der Waals surface area contributed by atoms with E-state index in [1.165, 1.54) is 10.5 Å². The summed E-state index contributed by atoms with van der Waals surface area (Å²) in [6, 6.07) is 15.9. The van der Waals surface area contributed by atoms with Crippen molar-refractivity contribution in [2.75, 3.05) is 0 Å². The van der Waals surface area contributed by atoms with Crippen LogP contribution in [0.3, 0.4) is 0 Å². The van der Waals surface area contributed by atoms with E-state index in [0.29, 0.717) is 5.92 Å². The van der Waals surface area contributed by atoms with E-state index in [2.05, 4.69) is 26.1 Å². The molecule has 1 N–H and O–H groups in total. The molecule has 25 heavy (non-hydrogen) atoms. The number of thioether (sulfide) groups is 1. The maximum atomic E-state index is 12.3. The number of carbonyl (C=O) groups excluding carboxylic acids is 1. The summed E-state index contributed by atoms with van der Waals surface area (Å²) in [5.74, 6) is 1.54. The molecule has 0 saturated heterocycles. The Balaban J connectivity index is 1.84. The van der Waals surface area contributed by atoms with Crippen LogP contribution in [0.4, 0.5) is 0 Å². The lowest BCUT2D eigenvalue weighted by molar-refractivity contribution is 0.0937. The van der Waals surface area contributed by atoms with Crippen molar-refractivity contribution in [3.8, 4) is 0 Å². The van der Waals surface area contributed by atoms with Crippen LogP contribution in [0.25, 0.3) is 0 Å². The average molecular weight is 376 g/mol. The third-order valence-corrected chi connectivity index (χ3v) is 5.32. The Morgan fingerprint density at radius 1 is 1.00 bits per heavy atom. The summed E-state index contributed by atoms with van der Waals surface area (Å²) >= 11 is 7.66. The minimum Gasteiger partial charge on any atom is -0.350 e. The summed E-state index contributed by atoms with van der Waals surface area (Å²) in [7, 11) is 0. The predicted octanol–water partition coefficient (Wildman–Crippen LogP) is 6.19. The summed E-state index contributed by atoms with van der Waals surface area (Å²) in [6.45, 7) is 6.47. The Hall–Kier alpha value is -1.45. The second kappa shape index (κ2) is 9.88. The Kier molecular flexibility index (Phi) is 7.86. The van der Waals surface area contributed by atoms with E-state index >= 15 is 0 Å². The largest absolute Gasteiger partial charge is 0.350 e. The lowest BCUT2D eigenvalue weighted by Gasteiger charge is -2.15. The van der Waals surface area contributed by atoms with Gasteiger partial charge in [-0.25, -0.2) is 0 Å². The fourth-order valence-electron chi connectivity index (χ4n) is 2.41. The number of hydrogen-bond donors (Lipinski definition) is 1. The number of rotatable bonds is 8. The highest BCUT2D eigenvalue weighted by Crippen LogP contribution is 2.24. The van der Waals surface area contributed by atoms with E-state index < -0.39 is 0 Å². The molecule has 2 aromatic rings. The highest BCUT2D eigenvalue weighted by Gasteiger charge is 2.10. The molecule has 2 aromatic carbocycles. The SMILES string of the molecule is CC(C)CC[C@H](C)NC(=O)c1ccc(CSc2ccc(Cl)cc2)cc1. The maximum Gasteiger partial charge on any atom is 0.251 e. The van der Waals surface area contributed by atoms with Crippen LogP contribution in [0, 0.1) is 5.92 Å². The van der Waals surface area contributed by atoms with Gasteiger partial charge in [0.25, 0.3) is 5.91 Å². The lowest BCUT2D eigenvalue weighted by atomic mass is 10.0. The monoisotopic (exact) mass is 375 g/mol. The molecule has 0 fully saturated rings. The Bertz CT molecular complexity index is 667. The van der Waals surface area contributed by atoms with Crippen molar-refractivity contribution >= 4 is 29.3 Å². The molecule has 134 valence electrons. The third kappa shape index (κ3) is 7.13. The zero-order valence-corrected chi connectivity index (χ0v) is 16.7. The van der Waals surface area contributed by atoms with Crippen molar-refractivity contribution in [3.63, 3.8) is 0 Å². The summed E-state index contributed by atoms with van der Waals surface area (Å²) in [5, 5.41) is 3.83. The molecule has 0 aliphatic rings. The number of benzene rings is 2. The van der Waals surface area contributed by atoms with Gasteiger partial charge in [0.05, 0.1) is 0 Å². The fourth-order valence-corrected chi connectivity index (χ4v) is 3.39. The zero-order valence-electron chi connectivity index (χ0n) is 15.1. The molecule has 0 spiro atoms. The topological polar surface area (TPSA) is 29.1 Å². The lowest BCUT2D eigenvalue weighted by Crippen LogP contribution is -2.32. The Labute approximate surface area is 160 Å². The molecule has 0 saturated carbocycles. The van der Waals surface area contributed by atoms with Crippen LogP contribution < -0.4 is 5.32 Å². The quantitative estimate of drug-likeness (QED) is 0.557. The number of carbonyl (C=O) groups is 1. The summed E-state index contributed by atoms with van der Waals surface area (Å²) in [5.41, 5.74) is 1.92. The van der Waals surface area contributed by atoms with Crippen LogP contribution in [-0.4, -0.2) is 11.9 Å². The average Bonchev–Trinajstić information content (AvgIpc) is 2.60. The van der Waals surface area contributed by atoms with Crippen LogP contribution >= 0.6 is 23.4 Å². The molecule has 0 bridgehead atoms. The van der Waals surface area contributed by atoms with Gasteiger partial charge in [-0.05, 0) is 67.6 Å². The van der Waals surface area contributed by atoms with Crippen LogP contribution in [0.15, 0.2) is 53.4 Å². The number of halogens is 1. The first-order valence-electron chi connectivity index (χ1n) is 8.72. The van der Waals surface area contributed by atoms with Gasteiger partial charge in [-0.2, -0.15) is 0 Å². The van der Waals surface area contributed by atoms with Gasteiger partial charge in [-0.1, -0.05) is 37.6 Å². The predicted molar refractivity (Wildman–Crippen MR) is 108 cm³/mol. The smallest absolute Gasteiger partial charge is 0.251 e. The van der Waals surface area contributed by atoms with Crippen molar-refractivity contribution in [1.82, 2.24) is 5.32 Å². The molecule has 2 nitrogen and oxygen atoms in total. The Morgan fingerprint density at radius 2 is 1.64 bits per heavy atom. The van der Waals surface area contributed by atoms with Gasteiger partial charge in [-0.3, -0.25) is 4.79 Å². The number of hydrogen-bond acceptors (Lipinski definition) is 2. The van der Waals surface area contributed by atoms with Crippen molar-refractivity contribution in [1.29, 1.82) is 0 Å². The first-order chi connectivity index (χ1) is 11.9. The molecular formula is C21H26ClNOS. The third-order valence-electron chi connectivity index (χ3n) is 3.99. The Morgan fingerprint density at radius 3 is 2.24 bits per heavy atom. The van der Waals surface area contributed by atoms with Crippen molar-refractivity contribution in [2.45, 2.75) is 50.3 Å². The first kappa shape index (κ1) is 19.9. The van der Waals surface area contributed by atoms with E-state index in [4.69, 9.17) is 11.6 Å². The molecule has 1 atom stereocenters. The summed E-state index contributed by atoms with van der Waals surface area (Å²) in [4.78, 5) is 13.5. The second-order valence-corrected chi connectivity index (χ2v) is 8.27. The van der Waals surface area contributed by atoms with Gasteiger partial charge in [0.1, 0.15) is 0 Å². The van der Waals surface area contributed by atoms with Crippen LogP contribution in [0.1, 0.15) is 49.5 Å². The number of amides is 1. The molecular weight excluding hydrogens is 350 g/mol. The minimum absolute atomic E-state index is 0.00756.